The van der Waals surface area contributed by atoms with Gasteiger partial charge in [-0.1, -0.05) is 36.4 Å². The molecule has 30 heavy (non-hydrogen) atoms. The fourth-order valence-electron chi connectivity index (χ4n) is 3.47. The molecule has 0 aliphatic heterocycles. The number of halogens is 2. The van der Waals surface area contributed by atoms with Crippen LogP contribution in [0.4, 0.5) is 0 Å². The van der Waals surface area contributed by atoms with Crippen LogP contribution in [0.5, 0.6) is 0 Å². The largest absolute Gasteiger partial charge is 1.00 e. The minimum absolute atomic E-state index is 0. The molecule has 0 amide bonds. The van der Waals surface area contributed by atoms with Gasteiger partial charge in [-0.2, -0.15) is 0 Å². The molecular formula is C24H34Cl2N2O2. The van der Waals surface area contributed by atoms with Gasteiger partial charge in [0.25, 0.3) is 0 Å². The molecule has 0 bridgehead atoms. The van der Waals surface area contributed by atoms with Crippen molar-refractivity contribution < 1.29 is 43.4 Å². The normalized spacial score (nSPS) is 11.3. The Kier molecular flexibility index (Phi) is 10.9. The van der Waals surface area contributed by atoms with Crippen molar-refractivity contribution in [3.05, 3.63) is 70.8 Å². The number of rotatable bonds is 9. The van der Waals surface area contributed by atoms with Crippen LogP contribution in [0.25, 0.3) is 0 Å². The fourth-order valence-corrected chi connectivity index (χ4v) is 3.47. The van der Waals surface area contributed by atoms with E-state index in [1.807, 2.05) is 36.4 Å². The lowest BCUT2D eigenvalue weighted by molar-refractivity contribution is -0.958. The van der Waals surface area contributed by atoms with Gasteiger partial charge in [-0.25, -0.2) is 0 Å². The van der Waals surface area contributed by atoms with Crippen molar-refractivity contribution in [3.63, 3.8) is 0 Å². The highest BCUT2D eigenvalue weighted by Gasteiger charge is 2.24. The summed E-state index contributed by atoms with van der Waals surface area (Å²) in [5, 5.41) is 0. The predicted octanol–water partition coefficient (Wildman–Crippen LogP) is -2.05. The van der Waals surface area contributed by atoms with Crippen molar-refractivity contribution in [2.75, 3.05) is 41.3 Å². The fraction of sp³-hybridized carbons (Fsp3) is 0.417. The van der Waals surface area contributed by atoms with Gasteiger partial charge in [0.05, 0.1) is 28.2 Å². The van der Waals surface area contributed by atoms with E-state index < -0.39 is 0 Å². The summed E-state index contributed by atoms with van der Waals surface area (Å²) >= 11 is 0. The Morgan fingerprint density at radius 2 is 1.00 bits per heavy atom. The van der Waals surface area contributed by atoms with E-state index in [1.165, 1.54) is 11.1 Å². The van der Waals surface area contributed by atoms with Crippen molar-refractivity contribution in [2.24, 2.45) is 0 Å². The SMILES string of the molecule is CC(=O)c1cccc(C[N+](C)(C)CC[N+](C)(C)Cc2cccc(C(C)=O)c2)c1.[Cl-].[Cl-]. The summed E-state index contributed by atoms with van der Waals surface area (Å²) in [6, 6.07) is 15.9. The number of carbonyl (C=O) groups is 2. The molecule has 6 heteroatoms. The second-order valence-corrected chi connectivity index (χ2v) is 9.15. The third-order valence-electron chi connectivity index (χ3n) is 5.20. The zero-order chi connectivity index (χ0) is 20.9. The summed E-state index contributed by atoms with van der Waals surface area (Å²) in [5.41, 5.74) is 3.94. The molecule has 0 aliphatic carbocycles. The molecule has 0 fully saturated rings. The molecule has 2 rings (SSSR count). The molecule has 0 heterocycles. The molecule has 0 atom stereocenters. The lowest BCUT2D eigenvalue weighted by Crippen LogP contribution is -3.00. The van der Waals surface area contributed by atoms with Gasteiger partial charge >= 0.3 is 0 Å². The Labute approximate surface area is 193 Å². The number of likely N-dealkylation sites (N-methyl/N-ethyl adjacent to an activating group) is 2. The number of hydrogen-bond acceptors (Lipinski definition) is 2. The Morgan fingerprint density at radius 1 is 0.667 bits per heavy atom. The van der Waals surface area contributed by atoms with Crippen molar-refractivity contribution >= 4 is 11.6 Å². The van der Waals surface area contributed by atoms with Crippen LogP contribution >= 0.6 is 0 Å². The zero-order valence-corrected chi connectivity index (χ0v) is 20.4. The first-order chi connectivity index (χ1) is 13.0. The second-order valence-electron chi connectivity index (χ2n) is 9.15. The van der Waals surface area contributed by atoms with E-state index >= 15 is 0 Å². The number of quaternary nitrogens is 2. The number of carbonyl (C=O) groups excluding carboxylic acids is 2. The van der Waals surface area contributed by atoms with E-state index in [9.17, 15) is 9.59 Å². The number of benzene rings is 2. The number of hydrogen-bond donors (Lipinski definition) is 0. The maximum atomic E-state index is 11.6. The van der Waals surface area contributed by atoms with E-state index in [0.717, 1.165) is 46.3 Å². The topological polar surface area (TPSA) is 34.1 Å². The first-order valence-corrected chi connectivity index (χ1v) is 9.81. The minimum atomic E-state index is 0. The highest BCUT2D eigenvalue weighted by atomic mass is 35.5. The highest BCUT2D eigenvalue weighted by Crippen LogP contribution is 2.16. The van der Waals surface area contributed by atoms with Gasteiger partial charge in [-0.15, -0.1) is 0 Å². The molecule has 0 unspecified atom stereocenters. The zero-order valence-electron chi connectivity index (χ0n) is 18.9. The Hall–Kier alpha value is -1.72. The molecule has 0 spiro atoms. The van der Waals surface area contributed by atoms with Gasteiger partial charge in [0.1, 0.15) is 26.2 Å². The average molecular weight is 453 g/mol. The lowest BCUT2D eigenvalue weighted by Gasteiger charge is -2.36. The molecular weight excluding hydrogens is 419 g/mol. The number of ketones is 2. The third kappa shape index (κ3) is 8.97. The summed E-state index contributed by atoms with van der Waals surface area (Å²) in [6.07, 6.45) is 0. The average Bonchev–Trinajstić information content (AvgIpc) is 2.60. The third-order valence-corrected chi connectivity index (χ3v) is 5.20. The summed E-state index contributed by atoms with van der Waals surface area (Å²) in [7, 11) is 8.93. The molecule has 0 aromatic heterocycles. The van der Waals surface area contributed by atoms with Gasteiger partial charge in [0.2, 0.25) is 0 Å². The summed E-state index contributed by atoms with van der Waals surface area (Å²) in [6.45, 7) is 7.04. The van der Waals surface area contributed by atoms with Crippen LogP contribution in [0.15, 0.2) is 48.5 Å². The van der Waals surface area contributed by atoms with Crippen molar-refractivity contribution in [3.8, 4) is 0 Å². The van der Waals surface area contributed by atoms with Gasteiger partial charge in [-0.3, -0.25) is 9.59 Å². The summed E-state index contributed by atoms with van der Waals surface area (Å²) in [5.74, 6) is 0.218. The van der Waals surface area contributed by atoms with Gasteiger partial charge in [-0.05, 0) is 26.0 Å². The lowest BCUT2D eigenvalue weighted by atomic mass is 10.1. The van der Waals surface area contributed by atoms with E-state index in [-0.39, 0.29) is 36.4 Å². The van der Waals surface area contributed by atoms with Crippen LogP contribution in [0.1, 0.15) is 45.7 Å². The standard InChI is InChI=1S/C24H34N2O2.2ClH/c1-19(27)23-11-7-9-21(15-23)17-25(3,4)13-14-26(5,6)18-22-10-8-12-24(16-22)20(2)28;;/h7-12,15-16H,13-14,17-18H2,1-6H3;2*1H/q+2;;/p-2. The highest BCUT2D eigenvalue weighted by molar-refractivity contribution is 5.94. The Bertz CT molecular complexity index is 792. The maximum Gasteiger partial charge on any atom is 0.159 e. The van der Waals surface area contributed by atoms with Crippen LogP contribution in [-0.4, -0.2) is 61.8 Å². The smallest absolute Gasteiger partial charge is 0.159 e. The number of nitrogens with zero attached hydrogens (tertiary/aromatic N) is 2. The molecule has 0 radical (unpaired) electrons. The Balaban J connectivity index is 0.00000420. The number of Topliss-reactive ketones (excluding diaryl/α,β-unsaturated/α-hetero) is 2. The minimum Gasteiger partial charge on any atom is -1.00 e. The molecule has 4 nitrogen and oxygen atoms in total. The predicted molar refractivity (Wildman–Crippen MR) is 114 cm³/mol. The van der Waals surface area contributed by atoms with Crippen molar-refractivity contribution in [1.29, 1.82) is 0 Å². The van der Waals surface area contributed by atoms with Crippen LogP contribution in [-0.2, 0) is 13.1 Å². The van der Waals surface area contributed by atoms with Crippen LogP contribution in [0.3, 0.4) is 0 Å². The van der Waals surface area contributed by atoms with E-state index in [0.29, 0.717) is 0 Å². The van der Waals surface area contributed by atoms with Gasteiger partial charge < -0.3 is 33.8 Å². The quantitative estimate of drug-likeness (QED) is 0.324. The summed E-state index contributed by atoms with van der Waals surface area (Å²) in [4.78, 5) is 23.3. The first-order valence-electron chi connectivity index (χ1n) is 9.81. The molecule has 2 aromatic rings. The molecule has 0 saturated heterocycles. The molecule has 0 N–H and O–H groups in total. The summed E-state index contributed by atoms with van der Waals surface area (Å²) < 4.78 is 1.72. The second kappa shape index (κ2) is 11.6. The molecule has 2 aromatic carbocycles. The van der Waals surface area contributed by atoms with E-state index in [4.69, 9.17) is 0 Å². The van der Waals surface area contributed by atoms with Crippen LogP contribution < -0.4 is 24.8 Å². The van der Waals surface area contributed by atoms with Crippen LogP contribution in [0.2, 0.25) is 0 Å². The first kappa shape index (κ1) is 28.3. The molecule has 0 aliphatic rings. The van der Waals surface area contributed by atoms with Crippen molar-refractivity contribution in [1.82, 2.24) is 0 Å². The van der Waals surface area contributed by atoms with E-state index in [2.05, 4.69) is 40.3 Å². The van der Waals surface area contributed by atoms with Gasteiger partial charge in [0.15, 0.2) is 11.6 Å². The Morgan fingerprint density at radius 3 is 1.30 bits per heavy atom. The van der Waals surface area contributed by atoms with Crippen molar-refractivity contribution in [2.45, 2.75) is 26.9 Å². The van der Waals surface area contributed by atoms with Gasteiger partial charge in [0, 0.05) is 22.3 Å². The monoisotopic (exact) mass is 452 g/mol. The molecule has 0 saturated carbocycles. The van der Waals surface area contributed by atoms with E-state index in [1.54, 1.807) is 13.8 Å². The molecule has 166 valence electrons. The van der Waals surface area contributed by atoms with Crippen LogP contribution in [0, 0.1) is 0 Å². The maximum absolute atomic E-state index is 11.6.